The van der Waals surface area contributed by atoms with Crippen molar-refractivity contribution in [1.82, 2.24) is 0 Å². The first-order chi connectivity index (χ1) is 6.74. The maximum atomic E-state index is 10.9. The van der Waals surface area contributed by atoms with E-state index >= 15 is 0 Å². The number of carbonyl (C=O) groups is 1. The summed E-state index contributed by atoms with van der Waals surface area (Å²) < 4.78 is 10.5. The molecule has 0 unspecified atom stereocenters. The van der Waals surface area contributed by atoms with Gasteiger partial charge in [0.05, 0.1) is 17.4 Å². The van der Waals surface area contributed by atoms with Crippen LogP contribution < -0.4 is 9.68 Å². The van der Waals surface area contributed by atoms with Crippen LogP contribution in [0, 0.1) is 0 Å². The van der Waals surface area contributed by atoms with E-state index in [0.717, 1.165) is 11.3 Å². The Hall–Kier alpha value is -1.62. The zero-order valence-electron chi connectivity index (χ0n) is 7.27. The fourth-order valence-corrected chi connectivity index (χ4v) is 1.88. The lowest BCUT2D eigenvalue weighted by molar-refractivity contribution is 0.112. The average molecular weight is 210 g/mol. The predicted molar refractivity (Wildman–Crippen MR) is 52.3 cm³/mol. The van der Waals surface area contributed by atoms with E-state index in [1.54, 1.807) is 6.07 Å². The molecule has 0 spiro atoms. The number of hydrogen-bond acceptors (Lipinski definition) is 5. The number of hydrogen-bond donors (Lipinski definition) is 0. The number of benzene rings is 1. The van der Waals surface area contributed by atoms with Gasteiger partial charge in [0.1, 0.15) is 5.75 Å². The smallest absolute Gasteiger partial charge is 0.396 e. The van der Waals surface area contributed by atoms with Crippen LogP contribution in [0.1, 0.15) is 10.4 Å². The Bertz CT molecular complexity index is 537. The van der Waals surface area contributed by atoms with Crippen LogP contribution in [0.5, 0.6) is 5.75 Å². The summed E-state index contributed by atoms with van der Waals surface area (Å²) in [4.78, 5) is 21.2. The van der Waals surface area contributed by atoms with E-state index in [-0.39, 0.29) is 4.94 Å². The van der Waals surface area contributed by atoms with Gasteiger partial charge in [-0.2, -0.15) is 0 Å². The van der Waals surface area contributed by atoms with E-state index in [0.29, 0.717) is 27.9 Å². The number of aldehydes is 1. The van der Waals surface area contributed by atoms with Gasteiger partial charge in [-0.25, -0.2) is 4.79 Å². The SMILES string of the molecule is COc1cc2oc(=O)sc2cc1C=O. The molecule has 0 aliphatic rings. The Labute approximate surface area is 82.7 Å². The maximum Gasteiger partial charge on any atom is 0.396 e. The molecule has 5 heteroatoms. The van der Waals surface area contributed by atoms with Gasteiger partial charge in [0, 0.05) is 6.07 Å². The van der Waals surface area contributed by atoms with Crippen molar-refractivity contribution in [2.75, 3.05) is 7.11 Å². The van der Waals surface area contributed by atoms with Crippen molar-refractivity contribution in [1.29, 1.82) is 0 Å². The van der Waals surface area contributed by atoms with Crippen LogP contribution in [0.2, 0.25) is 0 Å². The zero-order chi connectivity index (χ0) is 10.1. The predicted octanol–water partition coefficient (Wildman–Crippen LogP) is 1.68. The molecular formula is C9H6O4S. The molecule has 1 aromatic carbocycles. The number of fused-ring (bicyclic) bond motifs is 1. The standard InChI is InChI=1S/C9H6O4S/c1-12-6-3-7-8(2-5(6)4-10)14-9(11)13-7/h2-4H,1H3. The lowest BCUT2D eigenvalue weighted by Crippen LogP contribution is -1.89. The molecule has 14 heavy (non-hydrogen) atoms. The van der Waals surface area contributed by atoms with Crippen LogP contribution in [0.3, 0.4) is 0 Å². The van der Waals surface area contributed by atoms with Crippen molar-refractivity contribution in [3.63, 3.8) is 0 Å². The Morgan fingerprint density at radius 1 is 1.50 bits per heavy atom. The van der Waals surface area contributed by atoms with E-state index in [1.165, 1.54) is 13.2 Å². The molecule has 4 nitrogen and oxygen atoms in total. The van der Waals surface area contributed by atoms with Crippen molar-refractivity contribution in [2.24, 2.45) is 0 Å². The van der Waals surface area contributed by atoms with E-state index < -0.39 is 0 Å². The summed E-state index contributed by atoms with van der Waals surface area (Å²) >= 11 is 0.964. The molecule has 72 valence electrons. The van der Waals surface area contributed by atoms with Gasteiger partial charge in [-0.3, -0.25) is 4.79 Å². The van der Waals surface area contributed by atoms with E-state index in [4.69, 9.17) is 9.15 Å². The first kappa shape index (κ1) is 8.96. The second-order valence-electron chi connectivity index (χ2n) is 2.61. The van der Waals surface area contributed by atoms with Gasteiger partial charge in [-0.1, -0.05) is 11.3 Å². The quantitative estimate of drug-likeness (QED) is 0.707. The minimum absolute atomic E-state index is 0.384. The Kier molecular flexibility index (Phi) is 2.09. The third-order valence-electron chi connectivity index (χ3n) is 1.81. The van der Waals surface area contributed by atoms with Gasteiger partial charge in [-0.15, -0.1) is 0 Å². The molecule has 0 fully saturated rings. The lowest BCUT2D eigenvalue weighted by Gasteiger charge is -2.01. The van der Waals surface area contributed by atoms with Crippen LogP contribution >= 0.6 is 11.3 Å². The highest BCUT2D eigenvalue weighted by molar-refractivity contribution is 7.16. The van der Waals surface area contributed by atoms with Crippen molar-refractivity contribution in [3.8, 4) is 5.75 Å². The molecule has 0 radical (unpaired) electrons. The van der Waals surface area contributed by atoms with Crippen LogP contribution in [0.4, 0.5) is 0 Å². The van der Waals surface area contributed by atoms with Crippen molar-refractivity contribution >= 4 is 27.9 Å². The minimum atomic E-state index is -0.384. The summed E-state index contributed by atoms with van der Waals surface area (Å²) in [5.41, 5.74) is 0.861. The van der Waals surface area contributed by atoms with Gasteiger partial charge in [0.2, 0.25) is 0 Å². The van der Waals surface area contributed by atoms with Gasteiger partial charge < -0.3 is 9.15 Å². The molecule has 0 aliphatic heterocycles. The monoisotopic (exact) mass is 210 g/mol. The number of ether oxygens (including phenoxy) is 1. The second-order valence-corrected chi connectivity index (χ2v) is 3.59. The topological polar surface area (TPSA) is 56.5 Å². The minimum Gasteiger partial charge on any atom is -0.496 e. The molecule has 2 aromatic rings. The van der Waals surface area contributed by atoms with Gasteiger partial charge in [0.15, 0.2) is 11.9 Å². The number of methoxy groups -OCH3 is 1. The fraction of sp³-hybridized carbons (Fsp3) is 0.111. The first-order valence-electron chi connectivity index (χ1n) is 3.81. The maximum absolute atomic E-state index is 10.9. The summed E-state index contributed by atoms with van der Waals surface area (Å²) in [6, 6.07) is 3.12. The number of carbonyl (C=O) groups excluding carboxylic acids is 1. The van der Waals surface area contributed by atoms with Crippen LogP contribution in [-0.4, -0.2) is 13.4 Å². The molecule has 1 aromatic heterocycles. The highest BCUT2D eigenvalue weighted by Gasteiger charge is 2.08. The van der Waals surface area contributed by atoms with E-state index in [1.807, 2.05) is 0 Å². The largest absolute Gasteiger partial charge is 0.496 e. The molecule has 0 aliphatic carbocycles. The normalized spacial score (nSPS) is 10.4. The van der Waals surface area contributed by atoms with Gasteiger partial charge in [0.25, 0.3) is 0 Å². The molecule has 0 atom stereocenters. The fourth-order valence-electron chi connectivity index (χ4n) is 1.19. The molecule has 2 rings (SSSR count). The van der Waals surface area contributed by atoms with E-state index in [9.17, 15) is 9.59 Å². The lowest BCUT2D eigenvalue weighted by atomic mass is 10.2. The van der Waals surface area contributed by atoms with Crippen LogP contribution in [-0.2, 0) is 0 Å². The molecule has 0 saturated heterocycles. The summed E-state index contributed by atoms with van der Waals surface area (Å²) in [6.45, 7) is 0. The Morgan fingerprint density at radius 3 is 2.93 bits per heavy atom. The molecular weight excluding hydrogens is 204 g/mol. The highest BCUT2D eigenvalue weighted by Crippen LogP contribution is 2.26. The highest BCUT2D eigenvalue weighted by atomic mass is 32.1. The summed E-state index contributed by atoms with van der Waals surface area (Å²) in [7, 11) is 1.46. The summed E-state index contributed by atoms with van der Waals surface area (Å²) in [5.74, 6) is 0.411. The molecule has 0 N–H and O–H groups in total. The summed E-state index contributed by atoms with van der Waals surface area (Å²) in [6.07, 6.45) is 0.683. The average Bonchev–Trinajstić information content (AvgIpc) is 2.54. The van der Waals surface area contributed by atoms with Crippen molar-refractivity contribution < 1.29 is 13.9 Å². The molecule has 0 saturated carbocycles. The number of rotatable bonds is 2. The van der Waals surface area contributed by atoms with Gasteiger partial charge >= 0.3 is 4.94 Å². The van der Waals surface area contributed by atoms with Crippen LogP contribution in [0.15, 0.2) is 21.3 Å². The zero-order valence-corrected chi connectivity index (χ0v) is 8.09. The Morgan fingerprint density at radius 2 is 2.29 bits per heavy atom. The molecule has 0 amide bonds. The van der Waals surface area contributed by atoms with E-state index in [2.05, 4.69) is 0 Å². The third kappa shape index (κ3) is 1.31. The Balaban J connectivity index is 2.80. The van der Waals surface area contributed by atoms with Crippen molar-refractivity contribution in [3.05, 3.63) is 27.4 Å². The van der Waals surface area contributed by atoms with Gasteiger partial charge in [-0.05, 0) is 6.07 Å². The first-order valence-corrected chi connectivity index (χ1v) is 4.63. The van der Waals surface area contributed by atoms with Crippen LogP contribution in [0.25, 0.3) is 10.3 Å². The van der Waals surface area contributed by atoms with Crippen molar-refractivity contribution in [2.45, 2.75) is 0 Å². The third-order valence-corrected chi connectivity index (χ3v) is 2.60. The second kappa shape index (κ2) is 3.26. The molecule has 0 bridgehead atoms. The summed E-state index contributed by atoms with van der Waals surface area (Å²) in [5, 5.41) is 0. The molecule has 1 heterocycles.